The number of likely N-dealkylation sites (N-methyl/N-ethyl adjacent to an activating group) is 1. The average Bonchev–Trinajstić information content (AvgIpc) is 2.64. The Morgan fingerprint density at radius 1 is 1.45 bits per heavy atom. The van der Waals surface area contributed by atoms with Crippen molar-refractivity contribution in [2.75, 3.05) is 37.1 Å². The van der Waals surface area contributed by atoms with E-state index >= 15 is 0 Å². The number of ether oxygens (including phenoxy) is 1. The van der Waals surface area contributed by atoms with E-state index in [1.54, 1.807) is 14.2 Å². The number of hydrogen-bond acceptors (Lipinski definition) is 4. The third-order valence-corrected chi connectivity index (χ3v) is 3.73. The van der Waals surface area contributed by atoms with Crippen LogP contribution in [0.25, 0.3) is 0 Å². The van der Waals surface area contributed by atoms with Crippen molar-refractivity contribution >= 4 is 17.3 Å². The highest BCUT2D eigenvalue weighted by atomic mass is 16.5. The van der Waals surface area contributed by atoms with Gasteiger partial charge in [0.05, 0.1) is 12.3 Å². The van der Waals surface area contributed by atoms with Crippen LogP contribution in [-0.2, 0) is 9.53 Å². The molecule has 1 aliphatic heterocycles. The van der Waals surface area contributed by atoms with Gasteiger partial charge in [0.15, 0.2) is 6.10 Å². The van der Waals surface area contributed by atoms with Crippen LogP contribution in [0.5, 0.6) is 0 Å². The summed E-state index contributed by atoms with van der Waals surface area (Å²) in [5.41, 5.74) is 2.49. The van der Waals surface area contributed by atoms with Gasteiger partial charge in [0.1, 0.15) is 0 Å². The van der Waals surface area contributed by atoms with Crippen LogP contribution in [0, 0.1) is 0 Å². The normalized spacial score (nSPS) is 17.8. The van der Waals surface area contributed by atoms with Crippen molar-refractivity contribution in [3.8, 4) is 0 Å². The second-order valence-electron chi connectivity index (χ2n) is 5.32. The molecule has 0 aliphatic carbocycles. The van der Waals surface area contributed by atoms with Crippen LogP contribution < -0.4 is 9.80 Å². The van der Waals surface area contributed by atoms with Crippen molar-refractivity contribution in [1.82, 2.24) is 0 Å². The first-order valence-corrected chi connectivity index (χ1v) is 6.82. The van der Waals surface area contributed by atoms with Gasteiger partial charge in [-0.05, 0) is 26.0 Å². The van der Waals surface area contributed by atoms with Crippen LogP contribution in [-0.4, -0.2) is 44.4 Å². The Morgan fingerprint density at radius 3 is 2.75 bits per heavy atom. The van der Waals surface area contributed by atoms with Crippen molar-refractivity contribution in [2.24, 2.45) is 0 Å². The van der Waals surface area contributed by atoms with E-state index in [0.29, 0.717) is 18.2 Å². The molecule has 0 saturated carbocycles. The molecule has 0 radical (unpaired) electrons. The molecule has 2 rings (SSSR count). The van der Waals surface area contributed by atoms with Crippen molar-refractivity contribution in [3.63, 3.8) is 0 Å². The second-order valence-corrected chi connectivity index (χ2v) is 5.32. The number of carbonyl (C=O) groups excluding carboxylic acids is 1. The van der Waals surface area contributed by atoms with Crippen LogP contribution >= 0.6 is 0 Å². The summed E-state index contributed by atoms with van der Waals surface area (Å²) in [6.07, 6.45) is -1.03. The zero-order valence-corrected chi connectivity index (χ0v) is 12.5. The summed E-state index contributed by atoms with van der Waals surface area (Å²) < 4.78 is 5.15. The smallest absolute Gasteiger partial charge is 0.260 e. The van der Waals surface area contributed by atoms with Gasteiger partial charge in [-0.25, -0.2) is 0 Å². The van der Waals surface area contributed by atoms with Crippen LogP contribution in [0.2, 0.25) is 0 Å². The minimum atomic E-state index is -1.03. The van der Waals surface area contributed by atoms with Gasteiger partial charge in [0, 0.05) is 38.0 Å². The second kappa shape index (κ2) is 5.81. The Morgan fingerprint density at radius 2 is 2.15 bits per heavy atom. The predicted molar refractivity (Wildman–Crippen MR) is 79.2 cm³/mol. The van der Waals surface area contributed by atoms with Crippen LogP contribution in [0.1, 0.15) is 25.5 Å². The number of benzene rings is 1. The molecule has 1 atom stereocenters. The zero-order valence-electron chi connectivity index (χ0n) is 12.5. The topological polar surface area (TPSA) is 53.0 Å². The van der Waals surface area contributed by atoms with Crippen molar-refractivity contribution < 1.29 is 14.6 Å². The van der Waals surface area contributed by atoms with Crippen molar-refractivity contribution in [1.29, 1.82) is 0 Å². The Kier molecular flexibility index (Phi) is 4.30. The molecule has 0 bridgehead atoms. The largest absolute Gasteiger partial charge is 0.383 e. The molecule has 0 spiro atoms. The number of methoxy groups -OCH3 is 1. The van der Waals surface area contributed by atoms with E-state index in [2.05, 4.69) is 18.7 Å². The first kappa shape index (κ1) is 14.8. The minimum absolute atomic E-state index is 0.273. The highest BCUT2D eigenvalue weighted by Crippen LogP contribution is 2.37. The number of aliphatic hydroxyl groups is 1. The van der Waals surface area contributed by atoms with Crippen LogP contribution in [0.3, 0.4) is 0 Å². The summed E-state index contributed by atoms with van der Waals surface area (Å²) in [6.45, 7) is 5.67. The quantitative estimate of drug-likeness (QED) is 0.888. The van der Waals surface area contributed by atoms with Crippen LogP contribution in [0.15, 0.2) is 18.2 Å². The number of rotatable bonds is 5. The lowest BCUT2D eigenvalue weighted by molar-refractivity contribution is -0.125. The van der Waals surface area contributed by atoms with Gasteiger partial charge < -0.3 is 19.6 Å². The van der Waals surface area contributed by atoms with Crippen molar-refractivity contribution in [3.05, 3.63) is 23.8 Å². The summed E-state index contributed by atoms with van der Waals surface area (Å²) in [5, 5.41) is 9.88. The third kappa shape index (κ3) is 2.51. The van der Waals surface area contributed by atoms with E-state index in [-0.39, 0.29) is 5.91 Å². The molecular weight excluding hydrogens is 256 g/mol. The molecule has 1 aromatic rings. The molecule has 1 heterocycles. The first-order chi connectivity index (χ1) is 9.47. The fraction of sp³-hybridized carbons (Fsp3) is 0.533. The fourth-order valence-electron chi connectivity index (χ4n) is 2.54. The Hall–Kier alpha value is -1.59. The highest BCUT2D eigenvalue weighted by molar-refractivity contribution is 6.03. The van der Waals surface area contributed by atoms with Gasteiger partial charge in [-0.3, -0.25) is 4.79 Å². The van der Waals surface area contributed by atoms with Crippen molar-refractivity contribution in [2.45, 2.75) is 26.0 Å². The van der Waals surface area contributed by atoms with E-state index in [4.69, 9.17) is 4.74 Å². The number of fused-ring (bicyclic) bond motifs is 1. The summed E-state index contributed by atoms with van der Waals surface area (Å²) in [6, 6.07) is 6.07. The SMILES string of the molecule is COCCN(c1ccc2c(c1)N(C)C(=O)C2O)C(C)C. The van der Waals surface area contributed by atoms with Gasteiger partial charge >= 0.3 is 0 Å². The molecule has 110 valence electrons. The molecule has 1 N–H and O–H groups in total. The first-order valence-electron chi connectivity index (χ1n) is 6.82. The molecule has 0 saturated heterocycles. The molecule has 5 heteroatoms. The maximum Gasteiger partial charge on any atom is 0.260 e. The number of carbonyl (C=O) groups is 1. The van der Waals surface area contributed by atoms with Gasteiger partial charge in [0.2, 0.25) is 0 Å². The summed E-state index contributed by atoms with van der Waals surface area (Å²) >= 11 is 0. The number of amides is 1. The summed E-state index contributed by atoms with van der Waals surface area (Å²) in [7, 11) is 3.38. The molecule has 1 unspecified atom stereocenters. The molecule has 1 amide bonds. The number of aliphatic hydroxyl groups excluding tert-OH is 1. The molecule has 1 aliphatic rings. The number of hydrogen-bond donors (Lipinski definition) is 1. The number of nitrogens with zero attached hydrogens (tertiary/aromatic N) is 2. The van der Waals surface area contributed by atoms with E-state index < -0.39 is 6.10 Å². The fourth-order valence-corrected chi connectivity index (χ4v) is 2.54. The third-order valence-electron chi connectivity index (χ3n) is 3.73. The predicted octanol–water partition coefficient (Wildman–Crippen LogP) is 1.56. The molecule has 20 heavy (non-hydrogen) atoms. The number of anilines is 2. The highest BCUT2D eigenvalue weighted by Gasteiger charge is 2.33. The lowest BCUT2D eigenvalue weighted by Gasteiger charge is -2.29. The van der Waals surface area contributed by atoms with Gasteiger partial charge in [-0.2, -0.15) is 0 Å². The lowest BCUT2D eigenvalue weighted by atomic mass is 10.1. The zero-order chi connectivity index (χ0) is 14.9. The van der Waals surface area contributed by atoms with E-state index in [1.165, 1.54) is 4.90 Å². The molecule has 1 aromatic carbocycles. The molecule has 5 nitrogen and oxygen atoms in total. The minimum Gasteiger partial charge on any atom is -0.383 e. The maximum absolute atomic E-state index is 11.8. The van der Waals surface area contributed by atoms with Gasteiger partial charge in [-0.1, -0.05) is 6.07 Å². The molecular formula is C15H22N2O3. The average molecular weight is 278 g/mol. The Balaban J connectivity index is 2.33. The van der Waals surface area contributed by atoms with E-state index in [0.717, 1.165) is 17.9 Å². The van der Waals surface area contributed by atoms with Gasteiger partial charge in [-0.15, -0.1) is 0 Å². The van der Waals surface area contributed by atoms with E-state index in [1.807, 2.05) is 18.2 Å². The Labute approximate surface area is 119 Å². The monoisotopic (exact) mass is 278 g/mol. The van der Waals surface area contributed by atoms with Crippen LogP contribution in [0.4, 0.5) is 11.4 Å². The Bertz CT molecular complexity index is 502. The standard InChI is InChI=1S/C15H22N2O3/c1-10(2)17(7-8-20-4)11-5-6-12-13(9-11)16(3)15(19)14(12)18/h5-6,9-10,14,18H,7-8H2,1-4H3. The lowest BCUT2D eigenvalue weighted by Crippen LogP contribution is -2.33. The van der Waals surface area contributed by atoms with Gasteiger partial charge in [0.25, 0.3) is 5.91 Å². The van der Waals surface area contributed by atoms with E-state index in [9.17, 15) is 9.90 Å². The molecule has 0 aromatic heterocycles. The maximum atomic E-state index is 11.8. The summed E-state index contributed by atoms with van der Waals surface area (Å²) in [5.74, 6) is -0.273. The molecule has 0 fully saturated rings. The summed E-state index contributed by atoms with van der Waals surface area (Å²) in [4.78, 5) is 15.5.